The van der Waals surface area contributed by atoms with Gasteiger partial charge in [-0.2, -0.15) is 0 Å². The Hall–Kier alpha value is -2.70. The van der Waals surface area contributed by atoms with Gasteiger partial charge < -0.3 is 10.2 Å². The molecule has 1 heterocycles. The van der Waals surface area contributed by atoms with Crippen molar-refractivity contribution in [3.05, 3.63) is 70.7 Å². The summed E-state index contributed by atoms with van der Waals surface area (Å²) in [5, 5.41) is 5.92. The highest BCUT2D eigenvalue weighted by Gasteiger charge is 2.28. The second-order valence-electron chi connectivity index (χ2n) is 6.58. The van der Waals surface area contributed by atoms with E-state index in [4.69, 9.17) is 11.6 Å². The highest BCUT2D eigenvalue weighted by molar-refractivity contribution is 7.13. The second kappa shape index (κ2) is 9.67. The van der Waals surface area contributed by atoms with Crippen LogP contribution in [0.3, 0.4) is 0 Å². The lowest BCUT2D eigenvalue weighted by molar-refractivity contribution is -0.120. The first-order chi connectivity index (χ1) is 14.0. The van der Waals surface area contributed by atoms with Gasteiger partial charge in [0, 0.05) is 28.2 Å². The van der Waals surface area contributed by atoms with Gasteiger partial charge in [0.15, 0.2) is 0 Å². The van der Waals surface area contributed by atoms with Gasteiger partial charge in [-0.3, -0.25) is 9.59 Å². The third-order valence-electron chi connectivity index (χ3n) is 4.41. The van der Waals surface area contributed by atoms with Crippen molar-refractivity contribution >= 4 is 40.4 Å². The van der Waals surface area contributed by atoms with Crippen LogP contribution in [-0.4, -0.2) is 34.3 Å². The van der Waals surface area contributed by atoms with Gasteiger partial charge in [0.1, 0.15) is 16.7 Å². The Balaban J connectivity index is 1.78. The molecule has 0 saturated carbocycles. The number of thiazole rings is 1. The predicted octanol–water partition coefficient (Wildman–Crippen LogP) is 5.34. The zero-order valence-electron chi connectivity index (χ0n) is 16.3. The summed E-state index contributed by atoms with van der Waals surface area (Å²) in [5.41, 5.74) is 1.89. The third-order valence-corrected chi connectivity index (χ3v) is 5.53. The Morgan fingerprint density at radius 2 is 1.93 bits per heavy atom. The molecule has 1 N–H and O–H groups in total. The fourth-order valence-corrected chi connectivity index (χ4v) is 3.88. The minimum Gasteiger partial charge on any atom is -0.326 e. The Morgan fingerprint density at radius 3 is 2.62 bits per heavy atom. The average molecular weight is 428 g/mol. The number of halogens is 1. The quantitative estimate of drug-likeness (QED) is 0.553. The number of carbonyl (C=O) groups excluding carboxylic acids is 2. The molecule has 3 rings (SSSR count). The molecule has 0 saturated heterocycles. The molecule has 0 fully saturated rings. The van der Waals surface area contributed by atoms with Crippen LogP contribution in [0.15, 0.2) is 60.0 Å². The number of rotatable bonds is 7. The van der Waals surface area contributed by atoms with Crippen LogP contribution in [-0.2, 0) is 4.79 Å². The molecule has 7 heteroatoms. The van der Waals surface area contributed by atoms with Crippen LogP contribution in [0.5, 0.6) is 0 Å². The minimum atomic E-state index is -0.626. The SMILES string of the molecule is CCCN(C(=O)c1csc(-c2cccc(Cl)c2)n1)C(C)C(=O)Nc1ccccc1. The summed E-state index contributed by atoms with van der Waals surface area (Å²) in [7, 11) is 0. The van der Waals surface area contributed by atoms with Gasteiger partial charge in [0.2, 0.25) is 5.91 Å². The largest absolute Gasteiger partial charge is 0.326 e. The molecule has 0 radical (unpaired) electrons. The lowest BCUT2D eigenvalue weighted by atomic mass is 10.2. The van der Waals surface area contributed by atoms with Gasteiger partial charge in [-0.25, -0.2) is 4.98 Å². The number of amides is 2. The molecule has 29 heavy (non-hydrogen) atoms. The molecule has 0 aliphatic carbocycles. The van der Waals surface area contributed by atoms with E-state index in [2.05, 4.69) is 10.3 Å². The second-order valence-corrected chi connectivity index (χ2v) is 7.87. The minimum absolute atomic E-state index is 0.233. The molecule has 2 aromatic carbocycles. The highest BCUT2D eigenvalue weighted by Crippen LogP contribution is 2.26. The zero-order chi connectivity index (χ0) is 20.8. The first-order valence-corrected chi connectivity index (χ1v) is 10.6. The first-order valence-electron chi connectivity index (χ1n) is 9.38. The van der Waals surface area contributed by atoms with Crippen molar-refractivity contribution in [1.82, 2.24) is 9.88 Å². The molecular weight excluding hydrogens is 406 g/mol. The van der Waals surface area contributed by atoms with Gasteiger partial charge in [-0.05, 0) is 37.6 Å². The maximum atomic E-state index is 13.1. The molecular formula is C22H22ClN3O2S. The van der Waals surface area contributed by atoms with E-state index < -0.39 is 6.04 Å². The van der Waals surface area contributed by atoms with Crippen molar-refractivity contribution in [2.24, 2.45) is 0 Å². The molecule has 0 aliphatic heterocycles. The molecule has 3 aromatic rings. The Kier molecular flexibility index (Phi) is 7.01. The van der Waals surface area contributed by atoms with Crippen molar-refractivity contribution in [1.29, 1.82) is 0 Å². The van der Waals surface area contributed by atoms with E-state index in [1.54, 1.807) is 23.3 Å². The Morgan fingerprint density at radius 1 is 1.17 bits per heavy atom. The van der Waals surface area contributed by atoms with Crippen molar-refractivity contribution in [3.8, 4) is 10.6 Å². The summed E-state index contributed by atoms with van der Waals surface area (Å²) in [5.74, 6) is -0.490. The fourth-order valence-electron chi connectivity index (χ4n) is 2.89. The van der Waals surface area contributed by atoms with Crippen LogP contribution in [0.2, 0.25) is 5.02 Å². The maximum absolute atomic E-state index is 13.1. The predicted molar refractivity (Wildman–Crippen MR) is 118 cm³/mol. The standard InChI is InChI=1S/C22H22ClN3O2S/c1-3-12-26(15(2)20(27)24-18-10-5-4-6-11-18)22(28)19-14-29-21(25-19)16-8-7-9-17(23)13-16/h4-11,13-15H,3,12H2,1-2H3,(H,24,27). The maximum Gasteiger partial charge on any atom is 0.274 e. The van der Waals surface area contributed by atoms with Crippen molar-refractivity contribution in [3.63, 3.8) is 0 Å². The number of benzene rings is 2. The summed E-state index contributed by atoms with van der Waals surface area (Å²) in [6.07, 6.45) is 0.736. The lowest BCUT2D eigenvalue weighted by Gasteiger charge is -2.27. The van der Waals surface area contributed by atoms with E-state index in [-0.39, 0.29) is 11.8 Å². The summed E-state index contributed by atoms with van der Waals surface area (Å²) in [6, 6.07) is 15.9. The van der Waals surface area contributed by atoms with Crippen molar-refractivity contribution in [2.75, 3.05) is 11.9 Å². The molecule has 1 aromatic heterocycles. The van der Waals surface area contributed by atoms with Crippen LogP contribution in [0, 0.1) is 0 Å². The molecule has 5 nitrogen and oxygen atoms in total. The third kappa shape index (κ3) is 5.22. The Bertz CT molecular complexity index is 990. The van der Waals surface area contributed by atoms with Gasteiger partial charge in [-0.15, -0.1) is 11.3 Å². The number of aromatic nitrogens is 1. The van der Waals surface area contributed by atoms with E-state index in [0.717, 1.165) is 12.0 Å². The van der Waals surface area contributed by atoms with Crippen LogP contribution in [0.4, 0.5) is 5.69 Å². The fraction of sp³-hybridized carbons (Fsp3) is 0.227. The number of nitrogens with one attached hydrogen (secondary N) is 1. The van der Waals surface area contributed by atoms with Gasteiger partial charge in [-0.1, -0.05) is 48.9 Å². The van der Waals surface area contributed by atoms with Crippen LogP contribution < -0.4 is 5.32 Å². The summed E-state index contributed by atoms with van der Waals surface area (Å²) < 4.78 is 0. The molecule has 2 amide bonds. The van der Waals surface area contributed by atoms with Gasteiger partial charge >= 0.3 is 0 Å². The normalized spacial score (nSPS) is 11.7. The first kappa shape index (κ1) is 21.0. The lowest BCUT2D eigenvalue weighted by Crippen LogP contribution is -2.46. The van der Waals surface area contributed by atoms with Crippen molar-refractivity contribution in [2.45, 2.75) is 26.3 Å². The van der Waals surface area contributed by atoms with E-state index in [0.29, 0.717) is 28.0 Å². The zero-order valence-corrected chi connectivity index (χ0v) is 17.8. The number of anilines is 1. The van der Waals surface area contributed by atoms with Gasteiger partial charge in [0.05, 0.1) is 0 Å². The number of nitrogens with zero attached hydrogens (tertiary/aromatic N) is 2. The molecule has 0 spiro atoms. The molecule has 150 valence electrons. The summed E-state index contributed by atoms with van der Waals surface area (Å²) in [4.78, 5) is 31.9. The summed E-state index contributed by atoms with van der Waals surface area (Å²) >= 11 is 7.44. The summed E-state index contributed by atoms with van der Waals surface area (Å²) in [6.45, 7) is 4.17. The number of para-hydroxylation sites is 1. The molecule has 1 atom stereocenters. The topological polar surface area (TPSA) is 62.3 Å². The molecule has 1 unspecified atom stereocenters. The smallest absolute Gasteiger partial charge is 0.274 e. The average Bonchev–Trinajstić information content (AvgIpc) is 3.22. The Labute approximate surface area is 179 Å². The van der Waals surface area contributed by atoms with E-state index in [1.807, 2.05) is 55.5 Å². The molecule has 0 bridgehead atoms. The van der Waals surface area contributed by atoms with E-state index in [1.165, 1.54) is 11.3 Å². The number of hydrogen-bond acceptors (Lipinski definition) is 4. The van der Waals surface area contributed by atoms with Crippen molar-refractivity contribution < 1.29 is 9.59 Å². The van der Waals surface area contributed by atoms with Crippen LogP contribution in [0.25, 0.3) is 10.6 Å². The number of hydrogen-bond donors (Lipinski definition) is 1. The van der Waals surface area contributed by atoms with Crippen LogP contribution in [0.1, 0.15) is 30.8 Å². The van der Waals surface area contributed by atoms with Crippen LogP contribution >= 0.6 is 22.9 Å². The van der Waals surface area contributed by atoms with Gasteiger partial charge in [0.25, 0.3) is 5.91 Å². The monoisotopic (exact) mass is 427 g/mol. The molecule has 0 aliphatic rings. The highest BCUT2D eigenvalue weighted by atomic mass is 35.5. The van der Waals surface area contributed by atoms with E-state index >= 15 is 0 Å². The number of carbonyl (C=O) groups is 2. The van der Waals surface area contributed by atoms with E-state index in [9.17, 15) is 9.59 Å².